The van der Waals surface area contributed by atoms with E-state index < -0.39 is 22.2 Å². The number of aliphatic hydroxyl groups excluding tert-OH is 1. The zero-order chi connectivity index (χ0) is 18.2. The summed E-state index contributed by atoms with van der Waals surface area (Å²) in [6.45, 7) is -0.235. The van der Waals surface area contributed by atoms with Crippen molar-refractivity contribution < 1.29 is 32.5 Å². The van der Waals surface area contributed by atoms with Crippen molar-refractivity contribution in [3.63, 3.8) is 0 Å². The molecule has 1 fully saturated rings. The number of nitrogens with one attached hydrogen (secondary N) is 1. The first-order valence-electron chi connectivity index (χ1n) is 7.92. The van der Waals surface area contributed by atoms with Gasteiger partial charge in [0, 0.05) is 17.2 Å². The molecule has 0 saturated carbocycles. The Bertz CT molecular complexity index is 764. The topological polar surface area (TPSA) is 111 Å². The quantitative estimate of drug-likeness (QED) is 0.730. The lowest BCUT2D eigenvalue weighted by Crippen LogP contribution is -2.46. The number of methoxy groups -OCH3 is 1. The monoisotopic (exact) mass is 371 g/mol. The van der Waals surface area contributed by atoms with Gasteiger partial charge in [-0.15, -0.1) is 0 Å². The molecule has 0 bridgehead atoms. The van der Waals surface area contributed by atoms with E-state index in [0.29, 0.717) is 17.9 Å². The van der Waals surface area contributed by atoms with Gasteiger partial charge in [-0.2, -0.15) is 0 Å². The summed E-state index contributed by atoms with van der Waals surface area (Å²) < 4.78 is 41.7. The number of aliphatic hydroxyl groups is 1. The number of hydrogen-bond donors (Lipinski definition) is 2. The van der Waals surface area contributed by atoms with E-state index in [1.807, 2.05) is 0 Å². The van der Waals surface area contributed by atoms with Gasteiger partial charge in [0.2, 0.25) is 10.0 Å². The molecule has 0 radical (unpaired) electrons. The molecule has 2 aliphatic rings. The van der Waals surface area contributed by atoms with E-state index in [0.717, 1.165) is 11.8 Å². The van der Waals surface area contributed by atoms with Crippen molar-refractivity contribution in [1.82, 2.24) is 0 Å². The summed E-state index contributed by atoms with van der Waals surface area (Å²) in [5.41, 5.74) is 1.29. The zero-order valence-electron chi connectivity index (χ0n) is 14.0. The highest BCUT2D eigenvalue weighted by Gasteiger charge is 2.46. The standard InChI is InChI=1S/C16H21NO7S/c1-22-15(19)7-10-6-12-11-5-9(17-25(2,20)21)3-4-13(11)24-16(12)14(8-18)23-10/h3-5,10,12,14,16-18H,6-8H2,1-2H3/t10-,12+,14-,16-/m1/s1. The largest absolute Gasteiger partial charge is 0.487 e. The van der Waals surface area contributed by atoms with Crippen LogP contribution in [0.2, 0.25) is 0 Å². The minimum absolute atomic E-state index is 0.0901. The average molecular weight is 371 g/mol. The first kappa shape index (κ1) is 18.0. The Balaban J connectivity index is 1.86. The molecule has 138 valence electrons. The number of carbonyl (C=O) groups excluding carboxylic acids is 1. The van der Waals surface area contributed by atoms with Crippen LogP contribution in [0, 0.1) is 0 Å². The fourth-order valence-corrected chi connectivity index (χ4v) is 3.99. The van der Waals surface area contributed by atoms with Crippen molar-refractivity contribution >= 4 is 21.7 Å². The predicted octanol–water partition coefficient (Wildman–Crippen LogP) is 0.616. The van der Waals surface area contributed by atoms with Gasteiger partial charge in [-0.1, -0.05) is 0 Å². The molecule has 0 aromatic heterocycles. The number of sulfonamides is 1. The van der Waals surface area contributed by atoms with Gasteiger partial charge in [0.05, 0.1) is 32.5 Å². The molecule has 0 unspecified atom stereocenters. The Morgan fingerprint density at radius 2 is 2.20 bits per heavy atom. The molecule has 2 aliphatic heterocycles. The van der Waals surface area contributed by atoms with Crippen LogP contribution in [0.25, 0.3) is 0 Å². The molecule has 3 rings (SSSR count). The third-order valence-electron chi connectivity index (χ3n) is 4.42. The van der Waals surface area contributed by atoms with Crippen molar-refractivity contribution in [3.05, 3.63) is 23.8 Å². The van der Waals surface area contributed by atoms with Gasteiger partial charge in [0.1, 0.15) is 18.0 Å². The number of rotatable bonds is 5. The number of hydrogen-bond acceptors (Lipinski definition) is 7. The maximum atomic E-state index is 11.6. The molecular formula is C16H21NO7S. The molecule has 1 saturated heterocycles. The van der Waals surface area contributed by atoms with Gasteiger partial charge in [-0.25, -0.2) is 8.42 Å². The van der Waals surface area contributed by atoms with Gasteiger partial charge in [0.25, 0.3) is 0 Å². The first-order chi connectivity index (χ1) is 11.8. The Labute approximate surface area is 146 Å². The molecule has 1 aromatic carbocycles. The van der Waals surface area contributed by atoms with E-state index >= 15 is 0 Å². The minimum atomic E-state index is -3.39. The van der Waals surface area contributed by atoms with E-state index in [9.17, 15) is 18.3 Å². The van der Waals surface area contributed by atoms with Gasteiger partial charge in [-0.3, -0.25) is 9.52 Å². The van der Waals surface area contributed by atoms with Crippen molar-refractivity contribution in [2.24, 2.45) is 0 Å². The van der Waals surface area contributed by atoms with Crippen LogP contribution < -0.4 is 9.46 Å². The highest BCUT2D eigenvalue weighted by molar-refractivity contribution is 7.92. The van der Waals surface area contributed by atoms with Crippen LogP contribution in [0.15, 0.2) is 18.2 Å². The summed E-state index contributed by atoms with van der Waals surface area (Å²) in [6.07, 6.45) is 0.363. The van der Waals surface area contributed by atoms with Crippen molar-refractivity contribution in [2.75, 3.05) is 24.7 Å². The smallest absolute Gasteiger partial charge is 0.308 e. The van der Waals surface area contributed by atoms with Crippen LogP contribution in [-0.4, -0.2) is 57.8 Å². The maximum absolute atomic E-state index is 11.6. The van der Waals surface area contributed by atoms with Crippen molar-refractivity contribution in [1.29, 1.82) is 0 Å². The number of fused-ring (bicyclic) bond motifs is 3. The Kier molecular flexibility index (Phi) is 4.90. The van der Waals surface area contributed by atoms with Crippen molar-refractivity contribution in [3.8, 4) is 5.75 Å². The van der Waals surface area contributed by atoms with Gasteiger partial charge >= 0.3 is 5.97 Å². The molecular weight excluding hydrogens is 350 g/mol. The van der Waals surface area contributed by atoms with Gasteiger partial charge in [0.15, 0.2) is 0 Å². The molecule has 2 N–H and O–H groups in total. The van der Waals surface area contributed by atoms with E-state index in [4.69, 9.17) is 9.47 Å². The highest BCUT2D eigenvalue weighted by Crippen LogP contribution is 2.47. The number of esters is 1. The van der Waals surface area contributed by atoms with E-state index in [2.05, 4.69) is 9.46 Å². The molecule has 0 aliphatic carbocycles. The molecule has 4 atom stereocenters. The minimum Gasteiger partial charge on any atom is -0.487 e. The number of anilines is 1. The Morgan fingerprint density at radius 1 is 1.44 bits per heavy atom. The third kappa shape index (κ3) is 3.88. The van der Waals surface area contributed by atoms with Crippen LogP contribution in [0.5, 0.6) is 5.75 Å². The van der Waals surface area contributed by atoms with E-state index in [1.54, 1.807) is 18.2 Å². The lowest BCUT2D eigenvalue weighted by atomic mass is 9.84. The van der Waals surface area contributed by atoms with Crippen LogP contribution in [-0.2, 0) is 24.3 Å². The summed E-state index contributed by atoms with van der Waals surface area (Å²) >= 11 is 0. The predicted molar refractivity (Wildman–Crippen MR) is 89.1 cm³/mol. The highest BCUT2D eigenvalue weighted by atomic mass is 32.2. The molecule has 25 heavy (non-hydrogen) atoms. The molecule has 0 amide bonds. The summed E-state index contributed by atoms with van der Waals surface area (Å²) in [7, 11) is -2.07. The lowest BCUT2D eigenvalue weighted by molar-refractivity contribution is -0.156. The van der Waals surface area contributed by atoms with E-state index in [1.165, 1.54) is 7.11 Å². The SMILES string of the molecule is COC(=O)C[C@H]1C[C@H]2c3cc(NS(C)(=O)=O)ccc3O[C@H]2[C@@H](CO)O1. The number of ether oxygens (including phenoxy) is 3. The first-order valence-corrected chi connectivity index (χ1v) is 9.81. The summed E-state index contributed by atoms with van der Waals surface area (Å²) in [5.74, 6) is 0.151. The van der Waals surface area contributed by atoms with Crippen LogP contribution >= 0.6 is 0 Å². The van der Waals surface area contributed by atoms with Crippen LogP contribution in [0.1, 0.15) is 24.3 Å². The van der Waals surface area contributed by atoms with Gasteiger partial charge < -0.3 is 19.3 Å². The van der Waals surface area contributed by atoms with Crippen molar-refractivity contribution in [2.45, 2.75) is 37.1 Å². The van der Waals surface area contributed by atoms with Gasteiger partial charge in [-0.05, 0) is 24.6 Å². The number of carbonyl (C=O) groups is 1. The molecule has 8 nitrogen and oxygen atoms in total. The second-order valence-electron chi connectivity index (χ2n) is 6.31. The molecule has 0 spiro atoms. The Hall–Kier alpha value is -1.84. The fourth-order valence-electron chi connectivity index (χ4n) is 3.44. The fraction of sp³-hybridized carbons (Fsp3) is 0.562. The lowest BCUT2D eigenvalue weighted by Gasteiger charge is -2.36. The summed E-state index contributed by atoms with van der Waals surface area (Å²) in [6, 6.07) is 5.05. The zero-order valence-corrected chi connectivity index (χ0v) is 14.8. The second kappa shape index (κ2) is 6.81. The summed E-state index contributed by atoms with van der Waals surface area (Å²) in [4.78, 5) is 11.6. The normalized spacial score (nSPS) is 27.8. The molecule has 1 aromatic rings. The molecule has 9 heteroatoms. The maximum Gasteiger partial charge on any atom is 0.308 e. The average Bonchev–Trinajstić information content (AvgIpc) is 2.90. The summed E-state index contributed by atoms with van der Waals surface area (Å²) in [5, 5.41) is 9.62. The van der Waals surface area contributed by atoms with E-state index in [-0.39, 0.29) is 31.0 Å². The van der Waals surface area contributed by atoms with Crippen LogP contribution in [0.4, 0.5) is 5.69 Å². The third-order valence-corrected chi connectivity index (χ3v) is 5.03. The van der Waals surface area contributed by atoms with Crippen LogP contribution in [0.3, 0.4) is 0 Å². The Morgan fingerprint density at radius 3 is 2.84 bits per heavy atom. The second-order valence-corrected chi connectivity index (χ2v) is 8.06. The molecule has 2 heterocycles. The number of benzene rings is 1.